The van der Waals surface area contributed by atoms with Crippen LogP contribution in [0.25, 0.3) is 0 Å². The molecule has 3 unspecified atom stereocenters. The Hall–Kier alpha value is -1.27. The molecular formula is C11H14F3NO3. The van der Waals surface area contributed by atoms with Crippen LogP contribution in [0, 0.1) is 17.8 Å². The van der Waals surface area contributed by atoms with Gasteiger partial charge in [-0.25, -0.2) is 4.79 Å². The summed E-state index contributed by atoms with van der Waals surface area (Å²) in [5.74, 6) is -1.71. The molecule has 2 rings (SSSR count). The van der Waals surface area contributed by atoms with Gasteiger partial charge in [0.05, 0.1) is 6.42 Å². The van der Waals surface area contributed by atoms with Crippen LogP contribution in [0.2, 0.25) is 0 Å². The van der Waals surface area contributed by atoms with Crippen LogP contribution in [-0.2, 0) is 9.59 Å². The fourth-order valence-electron chi connectivity index (χ4n) is 2.27. The number of alkyl halides is 3. The molecule has 1 amide bonds. The molecule has 0 aliphatic heterocycles. The van der Waals surface area contributed by atoms with Crippen molar-refractivity contribution in [3.05, 3.63) is 0 Å². The average molecular weight is 265 g/mol. The number of carbonyl (C=O) groups excluding carboxylic acids is 1. The highest BCUT2D eigenvalue weighted by Crippen LogP contribution is 2.54. The third-order valence-corrected chi connectivity index (χ3v) is 3.45. The number of carboxylic acid groups (broad SMARTS) is 1. The van der Waals surface area contributed by atoms with Crippen molar-refractivity contribution >= 4 is 11.9 Å². The molecule has 0 radical (unpaired) electrons. The fraction of sp³-hybridized carbons (Fsp3) is 0.818. The van der Waals surface area contributed by atoms with E-state index in [2.05, 4.69) is 0 Å². The lowest BCUT2D eigenvalue weighted by Gasteiger charge is -2.16. The number of rotatable bonds is 5. The standard InChI is InChI=1S/C11H14F3NO3/c12-11(13,14)4-8(10(17)18)15-9(16)7-3-6(7)5-1-2-5/h5-8H,1-4H2,(H,15,16)(H,17,18). The van der Waals surface area contributed by atoms with E-state index in [9.17, 15) is 22.8 Å². The van der Waals surface area contributed by atoms with Gasteiger partial charge in [0, 0.05) is 5.92 Å². The van der Waals surface area contributed by atoms with Crippen molar-refractivity contribution in [1.29, 1.82) is 0 Å². The van der Waals surface area contributed by atoms with E-state index in [-0.39, 0.29) is 11.8 Å². The minimum Gasteiger partial charge on any atom is -0.480 e. The van der Waals surface area contributed by atoms with Gasteiger partial charge in [-0.1, -0.05) is 0 Å². The molecule has 0 saturated heterocycles. The number of hydrogen-bond donors (Lipinski definition) is 2. The summed E-state index contributed by atoms with van der Waals surface area (Å²) in [5.41, 5.74) is 0. The summed E-state index contributed by atoms with van der Waals surface area (Å²) in [6.45, 7) is 0. The second-order valence-corrected chi connectivity index (χ2v) is 5.06. The number of carbonyl (C=O) groups is 2. The Balaban J connectivity index is 1.85. The molecule has 0 aromatic rings. The molecule has 3 atom stereocenters. The van der Waals surface area contributed by atoms with Gasteiger partial charge in [0.15, 0.2) is 0 Å². The van der Waals surface area contributed by atoms with Gasteiger partial charge >= 0.3 is 12.1 Å². The molecule has 7 heteroatoms. The summed E-state index contributed by atoms with van der Waals surface area (Å²) in [4.78, 5) is 22.3. The van der Waals surface area contributed by atoms with E-state index in [4.69, 9.17) is 5.11 Å². The molecule has 2 fully saturated rings. The number of aliphatic carboxylic acids is 1. The molecular weight excluding hydrogens is 251 g/mol. The summed E-state index contributed by atoms with van der Waals surface area (Å²) in [7, 11) is 0. The average Bonchev–Trinajstić information content (AvgIpc) is 3.05. The number of nitrogens with one attached hydrogen (secondary N) is 1. The Morgan fingerprint density at radius 2 is 1.94 bits per heavy atom. The van der Waals surface area contributed by atoms with Crippen LogP contribution in [0.1, 0.15) is 25.7 Å². The zero-order chi connectivity index (χ0) is 13.5. The summed E-state index contributed by atoms with van der Waals surface area (Å²) in [6.07, 6.45) is -3.32. The van der Waals surface area contributed by atoms with Gasteiger partial charge < -0.3 is 10.4 Å². The van der Waals surface area contributed by atoms with Gasteiger partial charge in [0.25, 0.3) is 0 Å². The zero-order valence-electron chi connectivity index (χ0n) is 9.54. The van der Waals surface area contributed by atoms with Gasteiger partial charge in [-0.15, -0.1) is 0 Å². The molecule has 0 heterocycles. The largest absolute Gasteiger partial charge is 0.480 e. The van der Waals surface area contributed by atoms with Crippen LogP contribution in [0.15, 0.2) is 0 Å². The molecule has 102 valence electrons. The molecule has 0 bridgehead atoms. The predicted molar refractivity (Wildman–Crippen MR) is 54.6 cm³/mol. The number of halogens is 3. The summed E-state index contributed by atoms with van der Waals surface area (Å²) >= 11 is 0. The van der Waals surface area contributed by atoms with E-state index in [1.165, 1.54) is 0 Å². The molecule has 2 N–H and O–H groups in total. The van der Waals surface area contributed by atoms with Crippen molar-refractivity contribution in [2.24, 2.45) is 17.8 Å². The molecule has 4 nitrogen and oxygen atoms in total. The normalized spacial score (nSPS) is 28.6. The molecule has 2 aliphatic carbocycles. The van der Waals surface area contributed by atoms with Crippen molar-refractivity contribution in [1.82, 2.24) is 5.32 Å². The van der Waals surface area contributed by atoms with Crippen LogP contribution in [0.4, 0.5) is 13.2 Å². The van der Waals surface area contributed by atoms with E-state index in [1.54, 1.807) is 0 Å². The van der Waals surface area contributed by atoms with E-state index >= 15 is 0 Å². The van der Waals surface area contributed by atoms with Crippen molar-refractivity contribution in [2.75, 3.05) is 0 Å². The first-order chi connectivity index (χ1) is 8.28. The first-order valence-electron chi connectivity index (χ1n) is 5.88. The topological polar surface area (TPSA) is 66.4 Å². The van der Waals surface area contributed by atoms with Crippen LogP contribution in [0.5, 0.6) is 0 Å². The molecule has 0 aromatic carbocycles. The number of carboxylic acids is 1. The third kappa shape index (κ3) is 3.36. The van der Waals surface area contributed by atoms with Crippen LogP contribution in [-0.4, -0.2) is 29.2 Å². The quantitative estimate of drug-likeness (QED) is 0.792. The van der Waals surface area contributed by atoms with Crippen molar-refractivity contribution in [3.8, 4) is 0 Å². The third-order valence-electron chi connectivity index (χ3n) is 3.45. The van der Waals surface area contributed by atoms with E-state index in [0.717, 1.165) is 12.8 Å². The van der Waals surface area contributed by atoms with Crippen LogP contribution < -0.4 is 5.32 Å². The fourth-order valence-corrected chi connectivity index (χ4v) is 2.27. The van der Waals surface area contributed by atoms with Crippen LogP contribution in [0.3, 0.4) is 0 Å². The molecule has 18 heavy (non-hydrogen) atoms. The molecule has 0 spiro atoms. The number of amides is 1. The van der Waals surface area contributed by atoms with E-state index in [0.29, 0.717) is 12.3 Å². The lowest BCUT2D eigenvalue weighted by molar-refractivity contribution is -0.160. The van der Waals surface area contributed by atoms with Crippen molar-refractivity contribution in [2.45, 2.75) is 37.9 Å². The van der Waals surface area contributed by atoms with Gasteiger partial charge in [-0.3, -0.25) is 4.79 Å². The Labute approximate surface area is 102 Å². The minimum atomic E-state index is -4.60. The van der Waals surface area contributed by atoms with Crippen LogP contribution >= 0.6 is 0 Å². The summed E-state index contributed by atoms with van der Waals surface area (Å²) in [6, 6.07) is -1.88. The molecule has 0 aromatic heterocycles. The monoisotopic (exact) mass is 265 g/mol. The second kappa shape index (κ2) is 4.44. The highest BCUT2D eigenvalue weighted by molar-refractivity contribution is 5.86. The maximum absolute atomic E-state index is 12.1. The Bertz CT molecular complexity index is 365. The Kier molecular flexibility index (Phi) is 3.25. The molecule has 2 saturated carbocycles. The molecule has 2 aliphatic rings. The second-order valence-electron chi connectivity index (χ2n) is 5.06. The first-order valence-corrected chi connectivity index (χ1v) is 5.88. The van der Waals surface area contributed by atoms with Crippen molar-refractivity contribution < 1.29 is 27.9 Å². The first kappa shape index (κ1) is 13.2. The van der Waals surface area contributed by atoms with E-state index in [1.807, 2.05) is 5.32 Å². The van der Waals surface area contributed by atoms with Gasteiger partial charge in [-0.2, -0.15) is 13.2 Å². The minimum absolute atomic E-state index is 0.255. The Morgan fingerprint density at radius 3 is 2.39 bits per heavy atom. The zero-order valence-corrected chi connectivity index (χ0v) is 9.54. The lowest BCUT2D eigenvalue weighted by Crippen LogP contribution is -2.44. The van der Waals surface area contributed by atoms with Crippen molar-refractivity contribution in [3.63, 3.8) is 0 Å². The highest BCUT2D eigenvalue weighted by atomic mass is 19.4. The summed E-state index contributed by atoms with van der Waals surface area (Å²) < 4.78 is 36.4. The predicted octanol–water partition coefficient (Wildman–Crippen LogP) is 1.55. The van der Waals surface area contributed by atoms with Gasteiger partial charge in [-0.05, 0) is 31.1 Å². The maximum Gasteiger partial charge on any atom is 0.391 e. The smallest absolute Gasteiger partial charge is 0.391 e. The van der Waals surface area contributed by atoms with Gasteiger partial charge in [0.2, 0.25) is 5.91 Å². The SMILES string of the molecule is O=C(O)C(CC(F)(F)F)NC(=O)C1CC1C1CC1. The van der Waals surface area contributed by atoms with Gasteiger partial charge in [0.1, 0.15) is 6.04 Å². The number of hydrogen-bond acceptors (Lipinski definition) is 2. The lowest BCUT2D eigenvalue weighted by atomic mass is 10.1. The maximum atomic E-state index is 12.1. The highest BCUT2D eigenvalue weighted by Gasteiger charge is 2.51. The van der Waals surface area contributed by atoms with E-state index < -0.39 is 30.5 Å². The summed E-state index contributed by atoms with van der Waals surface area (Å²) in [5, 5.41) is 10.6. The Morgan fingerprint density at radius 1 is 1.33 bits per heavy atom.